The molecule has 1 heterocycles. The third kappa shape index (κ3) is 4.75. The summed E-state index contributed by atoms with van der Waals surface area (Å²) in [4.78, 5) is 0. The average molecular weight is 413 g/mol. The summed E-state index contributed by atoms with van der Waals surface area (Å²) in [5.41, 5.74) is -3.92. The van der Waals surface area contributed by atoms with Crippen molar-refractivity contribution >= 4 is 27.4 Å². The van der Waals surface area contributed by atoms with Crippen LogP contribution in [0.25, 0.3) is 0 Å². The number of benzene rings is 1. The van der Waals surface area contributed by atoms with Crippen LogP contribution in [-0.2, 0) is 10.1 Å². The summed E-state index contributed by atoms with van der Waals surface area (Å²) in [5.74, 6) is 0.683. The molecule has 5 nitrogen and oxygen atoms in total. The smallest absolute Gasteiger partial charge is 0.485 e. The van der Waals surface area contributed by atoms with E-state index in [2.05, 4.69) is 37.6 Å². The minimum Gasteiger partial charge on any atom is -0.741 e. The minimum absolute atomic E-state index is 0.128. The zero-order valence-corrected chi connectivity index (χ0v) is 16.1. The molecule has 146 valence electrons. The highest BCUT2D eigenvalue weighted by atomic mass is 35.5. The van der Waals surface area contributed by atoms with Gasteiger partial charge >= 0.3 is 5.51 Å². The van der Waals surface area contributed by atoms with Gasteiger partial charge in [-0.3, -0.25) is 0 Å². The van der Waals surface area contributed by atoms with Gasteiger partial charge in [-0.15, -0.1) is 0 Å². The van der Waals surface area contributed by atoms with Gasteiger partial charge in [0.25, 0.3) is 0 Å². The lowest BCUT2D eigenvalue weighted by molar-refractivity contribution is -0.504. The van der Waals surface area contributed by atoms with Gasteiger partial charge in [-0.05, 0) is 42.4 Å². The maximum absolute atomic E-state index is 10.7. The molecule has 0 amide bonds. The number of azo groups is 2. The molecule has 1 fully saturated rings. The first kappa shape index (κ1) is 21.1. The highest BCUT2D eigenvalue weighted by molar-refractivity contribution is 7.86. The first-order valence-corrected chi connectivity index (χ1v) is 9.70. The van der Waals surface area contributed by atoms with Gasteiger partial charge in [0, 0.05) is 17.2 Å². The van der Waals surface area contributed by atoms with Crippen LogP contribution in [0.5, 0.6) is 0 Å². The Bertz CT molecular complexity index is 807. The molecular formula is C16H20ClF3N2O3S. The summed E-state index contributed by atoms with van der Waals surface area (Å²) in [5, 5.41) is 5.75. The van der Waals surface area contributed by atoms with Crippen LogP contribution < -0.4 is 0 Å². The first-order chi connectivity index (χ1) is 11.6. The van der Waals surface area contributed by atoms with Crippen molar-refractivity contribution in [2.24, 2.45) is 16.4 Å². The van der Waals surface area contributed by atoms with Crippen LogP contribution in [0.3, 0.4) is 0 Å². The quantitative estimate of drug-likeness (QED) is 0.381. The number of nitrogens with zero attached hydrogens (tertiary/aromatic N) is 2. The van der Waals surface area contributed by atoms with E-state index >= 15 is 0 Å². The third-order valence-electron chi connectivity index (χ3n) is 4.67. The van der Waals surface area contributed by atoms with Crippen molar-refractivity contribution in [3.63, 3.8) is 0 Å². The molecule has 0 saturated heterocycles. The molecule has 2 atom stereocenters. The van der Waals surface area contributed by atoms with Crippen LogP contribution in [-0.4, -0.2) is 35.3 Å². The van der Waals surface area contributed by atoms with Crippen molar-refractivity contribution in [1.29, 1.82) is 0 Å². The Kier molecular flexibility index (Phi) is 5.49. The fourth-order valence-electron chi connectivity index (χ4n) is 3.75. The SMILES string of the molecule is CC1(C)C[C@H]2C[N+](c3ccc(Cl)cc3)=N[C@@]2(C)C1.O=S(=O)([O-])C(F)(F)F. The molecule has 0 spiro atoms. The van der Waals surface area contributed by atoms with E-state index in [0.29, 0.717) is 11.3 Å². The predicted molar refractivity (Wildman–Crippen MR) is 89.3 cm³/mol. The molecule has 1 aliphatic heterocycles. The van der Waals surface area contributed by atoms with Gasteiger partial charge in [-0.25, -0.2) is 8.42 Å². The number of hydrogen-bond acceptors (Lipinski definition) is 4. The summed E-state index contributed by atoms with van der Waals surface area (Å²) in [6.07, 6.45) is 2.46. The Morgan fingerprint density at radius 1 is 1.23 bits per heavy atom. The van der Waals surface area contributed by atoms with E-state index in [-0.39, 0.29) is 5.54 Å². The van der Waals surface area contributed by atoms with Crippen LogP contribution >= 0.6 is 11.6 Å². The summed E-state index contributed by atoms with van der Waals surface area (Å²) >= 11 is 5.93. The molecule has 10 heteroatoms. The number of rotatable bonds is 1. The fourth-order valence-corrected chi connectivity index (χ4v) is 3.88. The van der Waals surface area contributed by atoms with E-state index in [9.17, 15) is 13.2 Å². The molecule has 1 aromatic rings. The number of alkyl halides is 3. The van der Waals surface area contributed by atoms with Crippen LogP contribution in [0.1, 0.15) is 33.6 Å². The van der Waals surface area contributed by atoms with E-state index in [1.54, 1.807) is 0 Å². The van der Waals surface area contributed by atoms with Crippen molar-refractivity contribution in [2.45, 2.75) is 44.7 Å². The Morgan fingerprint density at radius 2 is 1.73 bits per heavy atom. The molecule has 0 unspecified atom stereocenters. The van der Waals surface area contributed by atoms with E-state index in [0.717, 1.165) is 17.3 Å². The lowest BCUT2D eigenvalue weighted by atomic mass is 9.89. The Balaban J connectivity index is 0.000000260. The molecule has 1 aromatic carbocycles. The Hall–Kier alpha value is -1.19. The number of halogens is 4. The standard InChI is InChI=1S/C15H20ClN2.CHF3O3S/c1-14(2)8-11-9-18(17-15(11,3)10-14)13-6-4-12(16)5-7-13;2-1(3,4)8(5,6)7/h4-7,11H,8-10H2,1-3H3;(H,5,6,7)/q+1;/p-1/t11-,15-;/m0./s1. The summed E-state index contributed by atoms with van der Waals surface area (Å²) in [6.45, 7) is 8.07. The van der Waals surface area contributed by atoms with Crippen molar-refractivity contribution in [3.8, 4) is 0 Å². The summed E-state index contributed by atoms with van der Waals surface area (Å²) in [7, 11) is -6.09. The van der Waals surface area contributed by atoms with Gasteiger partial charge < -0.3 is 4.55 Å². The lowest BCUT2D eigenvalue weighted by Gasteiger charge is -2.18. The largest absolute Gasteiger partial charge is 0.741 e. The highest BCUT2D eigenvalue weighted by Gasteiger charge is 2.56. The second kappa shape index (κ2) is 6.76. The van der Waals surface area contributed by atoms with Crippen LogP contribution in [0.15, 0.2) is 29.4 Å². The summed E-state index contributed by atoms with van der Waals surface area (Å²) in [6, 6.07) is 7.99. The zero-order chi connectivity index (χ0) is 20.0. The highest BCUT2D eigenvalue weighted by Crippen LogP contribution is 2.52. The van der Waals surface area contributed by atoms with Gasteiger partial charge in [0.15, 0.2) is 16.7 Å². The van der Waals surface area contributed by atoms with Crippen molar-refractivity contribution in [3.05, 3.63) is 29.3 Å². The number of fused-ring (bicyclic) bond motifs is 1. The Morgan fingerprint density at radius 3 is 2.15 bits per heavy atom. The average Bonchev–Trinajstić information content (AvgIpc) is 2.84. The van der Waals surface area contributed by atoms with Crippen LogP contribution in [0.2, 0.25) is 5.02 Å². The van der Waals surface area contributed by atoms with E-state index in [1.807, 2.05) is 12.1 Å². The maximum atomic E-state index is 10.7. The fraction of sp³-hybridized carbons (Fsp3) is 0.625. The molecule has 1 saturated carbocycles. The zero-order valence-electron chi connectivity index (χ0n) is 14.5. The number of hydrogen-bond donors (Lipinski definition) is 0. The molecule has 2 aliphatic rings. The van der Waals surface area contributed by atoms with E-state index in [1.165, 1.54) is 12.8 Å². The molecule has 0 radical (unpaired) electrons. The third-order valence-corrected chi connectivity index (χ3v) is 5.48. The molecule has 1 aliphatic carbocycles. The molecular weight excluding hydrogens is 393 g/mol. The van der Waals surface area contributed by atoms with Gasteiger partial charge in [-0.2, -0.15) is 13.2 Å². The lowest BCUT2D eigenvalue weighted by Crippen LogP contribution is -2.24. The van der Waals surface area contributed by atoms with Crippen molar-refractivity contribution < 1.29 is 30.8 Å². The van der Waals surface area contributed by atoms with Crippen LogP contribution in [0.4, 0.5) is 18.9 Å². The minimum atomic E-state index is -6.09. The molecule has 26 heavy (non-hydrogen) atoms. The van der Waals surface area contributed by atoms with Gasteiger partial charge in [-0.1, -0.05) is 30.1 Å². The van der Waals surface area contributed by atoms with Gasteiger partial charge in [0.2, 0.25) is 5.69 Å². The van der Waals surface area contributed by atoms with Gasteiger partial charge in [0.05, 0.1) is 5.92 Å². The summed E-state index contributed by atoms with van der Waals surface area (Å²) < 4.78 is 61.1. The molecule has 0 aromatic heterocycles. The monoisotopic (exact) mass is 412 g/mol. The maximum Gasteiger partial charge on any atom is 0.485 e. The molecule has 0 N–H and O–H groups in total. The van der Waals surface area contributed by atoms with Crippen molar-refractivity contribution in [1.82, 2.24) is 0 Å². The van der Waals surface area contributed by atoms with E-state index in [4.69, 9.17) is 29.7 Å². The van der Waals surface area contributed by atoms with Crippen LogP contribution in [0, 0.1) is 11.3 Å². The second-order valence-corrected chi connectivity index (χ2v) is 9.47. The first-order valence-electron chi connectivity index (χ1n) is 7.91. The normalized spacial score (nSPS) is 27.4. The molecule has 3 rings (SSSR count). The topological polar surface area (TPSA) is 72.6 Å². The Labute approximate surface area is 155 Å². The second-order valence-electron chi connectivity index (χ2n) is 7.66. The predicted octanol–water partition coefficient (Wildman–Crippen LogP) is 4.70. The van der Waals surface area contributed by atoms with E-state index < -0.39 is 15.6 Å². The molecule has 0 bridgehead atoms. The van der Waals surface area contributed by atoms with Crippen molar-refractivity contribution in [2.75, 3.05) is 6.54 Å². The van der Waals surface area contributed by atoms with Gasteiger partial charge in [0.1, 0.15) is 5.54 Å².